The monoisotopic (exact) mass is 312 g/mol. The van der Waals surface area contributed by atoms with Crippen LogP contribution < -0.4 is 14.8 Å². The predicted molar refractivity (Wildman–Crippen MR) is 87.0 cm³/mol. The van der Waals surface area contributed by atoms with Crippen LogP contribution in [0.15, 0.2) is 36.5 Å². The third-order valence-corrected chi connectivity index (χ3v) is 4.06. The summed E-state index contributed by atoms with van der Waals surface area (Å²) < 4.78 is 11.2. The average molecular weight is 312 g/mol. The van der Waals surface area contributed by atoms with Crippen LogP contribution >= 0.6 is 0 Å². The summed E-state index contributed by atoms with van der Waals surface area (Å²) in [5.74, 6) is 1.87. The maximum atomic E-state index is 11.7. The molecule has 3 rings (SSSR count). The van der Waals surface area contributed by atoms with Crippen LogP contribution in [0.1, 0.15) is 21.6 Å². The van der Waals surface area contributed by atoms with Gasteiger partial charge in [0, 0.05) is 30.4 Å². The molecule has 1 aliphatic rings. The molecule has 1 aromatic heterocycles. The first kappa shape index (κ1) is 15.3. The number of ether oxygens (including phenoxy) is 2. The minimum Gasteiger partial charge on any atom is -0.493 e. The highest BCUT2D eigenvalue weighted by molar-refractivity contribution is 5.93. The van der Waals surface area contributed by atoms with Crippen LogP contribution in [0.25, 0.3) is 0 Å². The van der Waals surface area contributed by atoms with Gasteiger partial charge in [-0.1, -0.05) is 12.1 Å². The Morgan fingerprint density at radius 2 is 2.30 bits per heavy atom. The van der Waals surface area contributed by atoms with Gasteiger partial charge in [0.15, 0.2) is 11.5 Å². The molecule has 23 heavy (non-hydrogen) atoms. The summed E-state index contributed by atoms with van der Waals surface area (Å²) in [4.78, 5) is 16.1. The molecule has 1 amide bonds. The Bertz CT molecular complexity index is 715. The highest BCUT2D eigenvalue weighted by atomic mass is 16.5. The van der Waals surface area contributed by atoms with Crippen LogP contribution in [0.5, 0.6) is 11.5 Å². The number of pyridine rings is 1. The summed E-state index contributed by atoms with van der Waals surface area (Å²) in [6, 6.07) is 9.53. The molecular weight excluding hydrogens is 292 g/mol. The zero-order chi connectivity index (χ0) is 16.2. The van der Waals surface area contributed by atoms with Crippen molar-refractivity contribution in [3.63, 3.8) is 0 Å². The van der Waals surface area contributed by atoms with E-state index in [9.17, 15) is 4.79 Å². The number of rotatable bonds is 4. The SMILES string of the molecule is CNC(=O)c1ccnc(C[C@@H]2COc3c(cccc3OC)C2)c1. The number of carbonyl (C=O) groups is 1. The Morgan fingerprint density at radius 3 is 3.09 bits per heavy atom. The van der Waals surface area contributed by atoms with E-state index in [1.807, 2.05) is 18.2 Å². The fraction of sp³-hybridized carbons (Fsp3) is 0.333. The molecule has 1 aromatic carbocycles. The van der Waals surface area contributed by atoms with Gasteiger partial charge in [-0.15, -0.1) is 0 Å². The molecule has 2 aromatic rings. The quantitative estimate of drug-likeness (QED) is 0.940. The van der Waals surface area contributed by atoms with E-state index in [0.717, 1.165) is 35.6 Å². The largest absolute Gasteiger partial charge is 0.493 e. The van der Waals surface area contributed by atoms with Crippen LogP contribution in [0.2, 0.25) is 0 Å². The number of fused-ring (bicyclic) bond motifs is 1. The topological polar surface area (TPSA) is 60.5 Å². The highest BCUT2D eigenvalue weighted by Crippen LogP contribution is 2.36. The number of hydrogen-bond acceptors (Lipinski definition) is 4. The van der Waals surface area contributed by atoms with Gasteiger partial charge in [-0.25, -0.2) is 0 Å². The van der Waals surface area contributed by atoms with Crippen molar-refractivity contribution in [3.05, 3.63) is 53.3 Å². The average Bonchev–Trinajstić information content (AvgIpc) is 2.60. The summed E-state index contributed by atoms with van der Waals surface area (Å²) in [5, 5.41) is 2.63. The third kappa shape index (κ3) is 3.28. The van der Waals surface area contributed by atoms with E-state index < -0.39 is 0 Å². The van der Waals surface area contributed by atoms with Gasteiger partial charge in [0.1, 0.15) is 0 Å². The number of nitrogens with one attached hydrogen (secondary N) is 1. The third-order valence-electron chi connectivity index (χ3n) is 4.06. The summed E-state index contributed by atoms with van der Waals surface area (Å²) >= 11 is 0. The molecule has 1 aliphatic heterocycles. The predicted octanol–water partition coefficient (Wildman–Crippen LogP) is 2.24. The zero-order valence-electron chi connectivity index (χ0n) is 13.3. The number of carbonyl (C=O) groups excluding carboxylic acids is 1. The van der Waals surface area contributed by atoms with Gasteiger partial charge >= 0.3 is 0 Å². The molecule has 0 saturated heterocycles. The van der Waals surface area contributed by atoms with Crippen molar-refractivity contribution in [1.29, 1.82) is 0 Å². The number of hydrogen-bond donors (Lipinski definition) is 1. The molecule has 0 unspecified atom stereocenters. The van der Waals surface area contributed by atoms with E-state index in [1.54, 1.807) is 26.4 Å². The lowest BCUT2D eigenvalue weighted by Gasteiger charge is -2.26. The number of para-hydroxylation sites is 1. The Hall–Kier alpha value is -2.56. The van der Waals surface area contributed by atoms with E-state index in [0.29, 0.717) is 18.1 Å². The standard InChI is InChI=1S/C18H20N2O3/c1-19-18(21)14-6-7-20-15(10-14)9-12-8-13-4-3-5-16(22-2)17(13)23-11-12/h3-7,10,12H,8-9,11H2,1-2H3,(H,19,21)/t12-/m1/s1. The number of benzene rings is 1. The Balaban J connectivity index is 1.74. The van der Waals surface area contributed by atoms with Crippen molar-refractivity contribution >= 4 is 5.91 Å². The van der Waals surface area contributed by atoms with Crippen molar-refractivity contribution in [2.75, 3.05) is 20.8 Å². The van der Waals surface area contributed by atoms with Crippen LogP contribution in [-0.2, 0) is 12.8 Å². The first-order valence-corrected chi connectivity index (χ1v) is 7.67. The first-order valence-electron chi connectivity index (χ1n) is 7.67. The van der Waals surface area contributed by atoms with Crippen LogP contribution in [0.3, 0.4) is 0 Å². The number of amides is 1. The number of nitrogens with zero attached hydrogens (tertiary/aromatic N) is 1. The normalized spacial score (nSPS) is 16.2. The molecule has 0 fully saturated rings. The lowest BCUT2D eigenvalue weighted by molar-refractivity contribution is 0.0963. The molecule has 5 heteroatoms. The molecule has 1 N–H and O–H groups in total. The fourth-order valence-electron chi connectivity index (χ4n) is 2.92. The van der Waals surface area contributed by atoms with Gasteiger partial charge in [-0.05, 0) is 36.6 Å². The molecule has 120 valence electrons. The van der Waals surface area contributed by atoms with Gasteiger partial charge in [-0.2, -0.15) is 0 Å². The van der Waals surface area contributed by atoms with E-state index in [1.165, 1.54) is 0 Å². The van der Waals surface area contributed by atoms with Gasteiger partial charge in [-0.3, -0.25) is 9.78 Å². The first-order chi connectivity index (χ1) is 11.2. The lowest BCUT2D eigenvalue weighted by atomic mass is 9.92. The molecule has 5 nitrogen and oxygen atoms in total. The Morgan fingerprint density at radius 1 is 1.43 bits per heavy atom. The molecule has 0 spiro atoms. The lowest BCUT2D eigenvalue weighted by Crippen LogP contribution is -2.24. The Kier molecular flexibility index (Phi) is 4.46. The highest BCUT2D eigenvalue weighted by Gasteiger charge is 2.23. The van der Waals surface area contributed by atoms with Gasteiger partial charge in [0.2, 0.25) is 0 Å². The van der Waals surface area contributed by atoms with Crippen molar-refractivity contribution in [3.8, 4) is 11.5 Å². The second-order valence-corrected chi connectivity index (χ2v) is 5.65. The van der Waals surface area contributed by atoms with Gasteiger partial charge in [0.25, 0.3) is 5.91 Å². The molecule has 2 heterocycles. The minimum absolute atomic E-state index is 0.0939. The van der Waals surface area contributed by atoms with Crippen molar-refractivity contribution < 1.29 is 14.3 Å². The maximum absolute atomic E-state index is 11.7. The van der Waals surface area contributed by atoms with Crippen molar-refractivity contribution in [2.24, 2.45) is 5.92 Å². The maximum Gasteiger partial charge on any atom is 0.251 e. The van der Waals surface area contributed by atoms with Gasteiger partial charge in [0.05, 0.1) is 13.7 Å². The summed E-state index contributed by atoms with van der Waals surface area (Å²) in [5.41, 5.74) is 2.70. The van der Waals surface area contributed by atoms with E-state index in [-0.39, 0.29) is 5.91 Å². The molecule has 0 saturated carbocycles. The summed E-state index contributed by atoms with van der Waals surface area (Å²) in [7, 11) is 3.28. The smallest absolute Gasteiger partial charge is 0.251 e. The van der Waals surface area contributed by atoms with Crippen molar-refractivity contribution in [1.82, 2.24) is 10.3 Å². The Labute approximate surface area is 135 Å². The van der Waals surface area contributed by atoms with Crippen molar-refractivity contribution in [2.45, 2.75) is 12.8 Å². The molecule has 0 radical (unpaired) electrons. The van der Waals surface area contributed by atoms with E-state index in [2.05, 4.69) is 16.4 Å². The van der Waals surface area contributed by atoms with E-state index in [4.69, 9.17) is 9.47 Å². The molecular formula is C18H20N2O3. The fourth-order valence-corrected chi connectivity index (χ4v) is 2.92. The zero-order valence-corrected chi connectivity index (χ0v) is 13.3. The van der Waals surface area contributed by atoms with E-state index >= 15 is 0 Å². The number of methoxy groups -OCH3 is 1. The number of aromatic nitrogens is 1. The van der Waals surface area contributed by atoms with Crippen LogP contribution in [-0.4, -0.2) is 31.7 Å². The molecule has 0 aliphatic carbocycles. The minimum atomic E-state index is -0.0939. The summed E-state index contributed by atoms with van der Waals surface area (Å²) in [6.07, 6.45) is 3.38. The van der Waals surface area contributed by atoms with Crippen LogP contribution in [0, 0.1) is 5.92 Å². The second-order valence-electron chi connectivity index (χ2n) is 5.65. The van der Waals surface area contributed by atoms with Crippen LogP contribution in [0.4, 0.5) is 0 Å². The second kappa shape index (κ2) is 6.69. The van der Waals surface area contributed by atoms with Gasteiger partial charge < -0.3 is 14.8 Å². The molecule has 1 atom stereocenters. The summed E-state index contributed by atoms with van der Waals surface area (Å²) in [6.45, 7) is 0.624. The molecule has 0 bridgehead atoms.